The third kappa shape index (κ3) is 14.8. The molecule has 0 aliphatic heterocycles. The van der Waals surface area contributed by atoms with E-state index in [1.807, 2.05) is 208 Å². The molecule has 0 amide bonds. The van der Waals surface area contributed by atoms with E-state index in [0.717, 1.165) is 140 Å². The van der Waals surface area contributed by atoms with Gasteiger partial charge in [-0.2, -0.15) is 46.9 Å². The Morgan fingerprint density at radius 1 is 0.234 bits per heavy atom. The molecule has 20 aromatic rings. The summed E-state index contributed by atoms with van der Waals surface area (Å²) in [5, 5.41) is 5.24. The number of aromatic nitrogens is 10. The molecular formula is C100H86F9N10O5+5. The van der Waals surface area contributed by atoms with E-state index in [-0.39, 0.29) is 45.0 Å². The molecule has 20 rings (SSSR count). The summed E-state index contributed by atoms with van der Waals surface area (Å²) in [6.45, 7) is 28.5. The molecule has 0 aliphatic carbocycles. The van der Waals surface area contributed by atoms with Gasteiger partial charge in [-0.25, -0.2) is 40.4 Å². The van der Waals surface area contributed by atoms with Crippen molar-refractivity contribution >= 4 is 110 Å². The Balaban J connectivity index is 0.000000115. The number of nitrogens with zero attached hydrogens (tertiary/aromatic N) is 10. The second-order valence-electron chi connectivity index (χ2n) is 32.4. The second kappa shape index (κ2) is 32.1. The molecule has 0 bridgehead atoms. The van der Waals surface area contributed by atoms with Gasteiger partial charge in [-0.3, -0.25) is 0 Å². The van der Waals surface area contributed by atoms with E-state index in [1.54, 1.807) is 32.0 Å². The molecule has 0 fully saturated rings. The SMILES string of the molecule is Cc1ccc(-c2c(C)cc(C)c3c2oc2nc(F)cc(F)c23)[n+](C)c1.Cc1ccc(-c2c(C)cc(C)c3c2oc2nc(F)ccc23)[n+](C)c1.Cc1ccc(-c2c(C)cc(F)c3c2oc2nc(F)c(C)cc23)[n+](C)c1.Cc1ccc(-c2c(C)cc(F)c3c2oc2nc(F)cc(C)c23)[n+](C)c1.Cc1ccc(-c2c(C)ccc3c2oc2nc(F)c(C)c(F)c23)[n+](C)c1. The first kappa shape index (κ1) is 83.6. The first-order valence-electron chi connectivity index (χ1n) is 40.0. The molecule has 15 nitrogen and oxygen atoms in total. The lowest BCUT2D eigenvalue weighted by atomic mass is 9.97. The van der Waals surface area contributed by atoms with Gasteiger partial charge in [-0.05, 0) is 215 Å². The minimum atomic E-state index is -0.888. The van der Waals surface area contributed by atoms with Crippen LogP contribution >= 0.6 is 0 Å². The zero-order valence-corrected chi connectivity index (χ0v) is 71.9. The Kier molecular flexibility index (Phi) is 21.6. The summed E-state index contributed by atoms with van der Waals surface area (Å²) < 4.78 is 166. The van der Waals surface area contributed by atoms with E-state index in [4.69, 9.17) is 22.1 Å². The molecule has 624 valence electrons. The van der Waals surface area contributed by atoms with E-state index >= 15 is 0 Å². The third-order valence-corrected chi connectivity index (χ3v) is 22.8. The molecule has 5 aromatic carbocycles. The van der Waals surface area contributed by atoms with Crippen LogP contribution in [0.5, 0.6) is 0 Å². The lowest BCUT2D eigenvalue weighted by Crippen LogP contribution is -2.31. The van der Waals surface area contributed by atoms with Gasteiger partial charge in [0.05, 0.1) is 60.1 Å². The number of rotatable bonds is 5. The van der Waals surface area contributed by atoms with Crippen LogP contribution in [-0.2, 0) is 35.2 Å². The Morgan fingerprint density at radius 3 is 1.06 bits per heavy atom. The quantitative estimate of drug-likeness (QED) is 0.0926. The normalized spacial score (nSPS) is 11.6. The zero-order chi connectivity index (χ0) is 88.5. The van der Waals surface area contributed by atoms with Gasteiger partial charge in [0.25, 0.3) is 0 Å². The molecule has 0 saturated carbocycles. The monoisotopic (exact) mass is 1680 g/mol. The number of fused-ring (bicyclic) bond motifs is 15. The third-order valence-electron chi connectivity index (χ3n) is 22.8. The van der Waals surface area contributed by atoms with Crippen LogP contribution in [0.15, 0.2) is 180 Å². The van der Waals surface area contributed by atoms with E-state index in [2.05, 4.69) is 67.7 Å². The highest BCUT2D eigenvalue weighted by atomic mass is 19.2. The maximum absolute atomic E-state index is 14.8. The summed E-state index contributed by atoms with van der Waals surface area (Å²) in [4.78, 5) is 19.1. The fourth-order valence-corrected chi connectivity index (χ4v) is 17.2. The van der Waals surface area contributed by atoms with Crippen molar-refractivity contribution in [2.24, 2.45) is 35.2 Å². The summed E-state index contributed by atoms with van der Waals surface area (Å²) in [6.07, 6.45) is 10.1. The van der Waals surface area contributed by atoms with E-state index in [0.29, 0.717) is 71.5 Å². The number of pyridine rings is 10. The van der Waals surface area contributed by atoms with Gasteiger partial charge in [-0.1, -0.05) is 24.3 Å². The van der Waals surface area contributed by atoms with E-state index in [1.165, 1.54) is 36.8 Å². The summed E-state index contributed by atoms with van der Waals surface area (Å²) in [5.41, 5.74) is 25.3. The molecule has 0 radical (unpaired) electrons. The smallest absolute Gasteiger partial charge is 0.232 e. The Hall–Kier alpha value is -14.0. The van der Waals surface area contributed by atoms with Crippen molar-refractivity contribution in [3.8, 4) is 56.3 Å². The van der Waals surface area contributed by atoms with Crippen LogP contribution in [0.3, 0.4) is 0 Å². The van der Waals surface area contributed by atoms with Gasteiger partial charge in [0.2, 0.25) is 86.8 Å². The lowest BCUT2D eigenvalue weighted by molar-refractivity contribution is -0.660. The Labute approximate surface area is 706 Å². The average Bonchev–Trinajstić information content (AvgIpc) is 1.59. The lowest BCUT2D eigenvalue weighted by Gasteiger charge is -2.08. The number of hydrogen-bond acceptors (Lipinski definition) is 10. The largest absolute Gasteiger partial charge is 0.437 e. The predicted molar refractivity (Wildman–Crippen MR) is 461 cm³/mol. The number of aryl methyl sites for hydroxylation is 19. The van der Waals surface area contributed by atoms with Crippen molar-refractivity contribution in [3.63, 3.8) is 0 Å². The standard InChI is InChI=1S/4C20H17F2N2O.C20H18FN2O/c1-10-5-8-14(24(4)9-10)15-11(2)6-7-13-16-17(21)12(3)19(22)23-20(16)25-18(13)15;1-10-5-6-15(24(4)9-10)16-11(2)8-14(21)17-13-7-12(3)19(22)23-20(13)25-18(16)17;1-10-5-6-14(24(4)9-10)16-11(2)7-13(21)18-17-12(3)8-15(22)23-20(17)25-19(16)18;1-10-5-6-14(24(4)9-10)16-11(2)7-12(3)17-18-13(21)8-15(22)23-20(18)25-19(16)17;1-11-5-7-15(23(4)10-11)18-13(3)9-12(2)17-14-6-8-16(21)22-20(14)24-19(17)18/h4*5-9H,1-4H3;5-10H,1-4H3/q5*+1. The molecule has 0 saturated heterocycles. The molecule has 0 aliphatic rings. The van der Waals surface area contributed by atoms with E-state index < -0.39 is 47.2 Å². The molecule has 0 spiro atoms. The average molecular weight is 1680 g/mol. The minimum absolute atomic E-state index is 0.0165. The van der Waals surface area contributed by atoms with E-state index in [9.17, 15) is 39.5 Å². The van der Waals surface area contributed by atoms with Crippen molar-refractivity contribution in [2.45, 2.75) is 104 Å². The van der Waals surface area contributed by atoms with Crippen molar-refractivity contribution in [1.82, 2.24) is 24.9 Å². The molecule has 15 heterocycles. The molecule has 0 N–H and O–H groups in total. The molecule has 0 unspecified atom stereocenters. The first-order valence-corrected chi connectivity index (χ1v) is 40.0. The zero-order valence-electron chi connectivity index (χ0n) is 71.9. The van der Waals surface area contributed by atoms with Crippen LogP contribution in [0.25, 0.3) is 167 Å². The second-order valence-corrected chi connectivity index (χ2v) is 32.4. The summed E-state index contributed by atoms with van der Waals surface area (Å²) >= 11 is 0. The number of benzene rings is 5. The van der Waals surface area contributed by atoms with Crippen LogP contribution in [0, 0.1) is 157 Å². The van der Waals surface area contributed by atoms with Crippen LogP contribution in [-0.4, -0.2) is 24.9 Å². The Morgan fingerprint density at radius 2 is 0.581 bits per heavy atom. The summed E-state index contributed by atoms with van der Waals surface area (Å²) in [7, 11) is 9.79. The van der Waals surface area contributed by atoms with Crippen molar-refractivity contribution < 1.29 is 84.4 Å². The van der Waals surface area contributed by atoms with Crippen molar-refractivity contribution in [2.75, 3.05) is 0 Å². The van der Waals surface area contributed by atoms with Crippen molar-refractivity contribution in [3.05, 3.63) is 295 Å². The van der Waals surface area contributed by atoms with Gasteiger partial charge >= 0.3 is 0 Å². The van der Waals surface area contributed by atoms with Gasteiger partial charge in [-0.15, -0.1) is 0 Å². The van der Waals surface area contributed by atoms with Crippen molar-refractivity contribution in [1.29, 1.82) is 0 Å². The molecule has 0 atom stereocenters. The topological polar surface area (TPSA) is 150 Å². The fraction of sp³-hybridized carbons (Fsp3) is 0.200. The Bertz CT molecular complexity index is 7710. The van der Waals surface area contributed by atoms with Crippen LogP contribution in [0.4, 0.5) is 39.5 Å². The highest BCUT2D eigenvalue weighted by Gasteiger charge is 2.32. The fourth-order valence-electron chi connectivity index (χ4n) is 17.2. The van der Waals surface area contributed by atoms with Crippen LogP contribution in [0.1, 0.15) is 83.5 Å². The maximum atomic E-state index is 14.8. The molecular weight excluding hydrogens is 1590 g/mol. The highest BCUT2D eigenvalue weighted by molar-refractivity contribution is 6.14. The first-order chi connectivity index (χ1) is 58.9. The van der Waals surface area contributed by atoms with Gasteiger partial charge < -0.3 is 22.1 Å². The summed E-state index contributed by atoms with van der Waals surface area (Å²) in [6, 6.07) is 37.8. The predicted octanol–water partition coefficient (Wildman–Crippen LogP) is 23.2. The van der Waals surface area contributed by atoms with Crippen LogP contribution < -0.4 is 22.8 Å². The van der Waals surface area contributed by atoms with Gasteiger partial charge in [0.1, 0.15) is 58.5 Å². The minimum Gasteiger partial charge on any atom is -0.437 e. The molecule has 15 aromatic heterocycles. The van der Waals surface area contributed by atoms with Gasteiger partial charge in [0.15, 0.2) is 58.9 Å². The molecule has 124 heavy (non-hydrogen) atoms. The highest BCUT2D eigenvalue weighted by Crippen LogP contribution is 2.45. The van der Waals surface area contributed by atoms with Gasteiger partial charge in [0, 0.05) is 96.9 Å². The number of furan rings is 5. The van der Waals surface area contributed by atoms with Crippen LogP contribution in [0.2, 0.25) is 0 Å². The molecule has 24 heteroatoms. The number of halogens is 9. The number of hydrogen-bond donors (Lipinski definition) is 0. The summed E-state index contributed by atoms with van der Waals surface area (Å²) in [5.74, 6) is -5.56. The maximum Gasteiger partial charge on any atom is 0.232 e.